The minimum atomic E-state index is -0.244. The topological polar surface area (TPSA) is 72.7 Å². The lowest BCUT2D eigenvalue weighted by atomic mass is 10.3. The summed E-state index contributed by atoms with van der Waals surface area (Å²) in [4.78, 5) is 17.2. The number of halogens is 1. The number of rotatable bonds is 3. The zero-order valence-corrected chi connectivity index (χ0v) is 13.0. The lowest BCUT2D eigenvalue weighted by Crippen LogP contribution is -2.15. The third-order valence-corrected chi connectivity index (χ3v) is 4.17. The van der Waals surface area contributed by atoms with Crippen LogP contribution in [0.2, 0.25) is 5.02 Å². The van der Waals surface area contributed by atoms with Crippen LogP contribution in [0.3, 0.4) is 0 Å². The molecule has 0 fully saturated rings. The van der Waals surface area contributed by atoms with Crippen molar-refractivity contribution in [2.75, 3.05) is 5.32 Å². The van der Waals surface area contributed by atoms with Crippen molar-refractivity contribution in [3.63, 3.8) is 0 Å². The molecule has 6 nitrogen and oxygen atoms in total. The number of nitrogens with zero attached hydrogens (tertiary/aromatic N) is 4. The number of anilines is 1. The number of imidazole rings is 1. The van der Waals surface area contributed by atoms with Crippen molar-refractivity contribution in [2.45, 2.75) is 13.3 Å². The Morgan fingerprint density at radius 3 is 3.05 bits per heavy atom. The number of benzene rings is 1. The van der Waals surface area contributed by atoms with Crippen molar-refractivity contribution >= 4 is 46.0 Å². The summed E-state index contributed by atoms with van der Waals surface area (Å²) in [6.45, 7) is 1.94. The third kappa shape index (κ3) is 2.50. The molecule has 0 atom stereocenters. The van der Waals surface area contributed by atoms with Gasteiger partial charge in [0.15, 0.2) is 0 Å². The highest BCUT2D eigenvalue weighted by Crippen LogP contribution is 2.22. The van der Waals surface area contributed by atoms with Crippen LogP contribution in [0.25, 0.3) is 11.0 Å². The summed E-state index contributed by atoms with van der Waals surface area (Å²) in [5.41, 5.74) is 2.32. The predicted octanol–water partition coefficient (Wildman–Crippen LogP) is 2.89. The third-order valence-electron chi connectivity index (χ3n) is 3.17. The SMILES string of the molecule is CCc1nnsc1C(=O)Nc1nc2cc(Cl)ccc2n1C. The normalized spacial score (nSPS) is 11.0. The monoisotopic (exact) mass is 321 g/mol. The maximum Gasteiger partial charge on any atom is 0.271 e. The molecule has 0 radical (unpaired) electrons. The molecule has 2 heterocycles. The van der Waals surface area contributed by atoms with E-state index >= 15 is 0 Å². The van der Waals surface area contributed by atoms with Crippen LogP contribution in [0.15, 0.2) is 18.2 Å². The van der Waals surface area contributed by atoms with Gasteiger partial charge in [-0.1, -0.05) is 23.0 Å². The van der Waals surface area contributed by atoms with Crippen LogP contribution >= 0.6 is 23.1 Å². The maximum absolute atomic E-state index is 12.3. The highest BCUT2D eigenvalue weighted by Gasteiger charge is 2.17. The van der Waals surface area contributed by atoms with E-state index in [1.165, 1.54) is 0 Å². The molecule has 0 spiro atoms. The second-order valence-electron chi connectivity index (χ2n) is 4.48. The van der Waals surface area contributed by atoms with Gasteiger partial charge in [-0.2, -0.15) is 0 Å². The molecule has 2 aromatic heterocycles. The minimum absolute atomic E-state index is 0.244. The molecule has 0 aliphatic carbocycles. The fourth-order valence-corrected chi connectivity index (χ4v) is 2.87. The number of fused-ring (bicyclic) bond motifs is 1. The number of amides is 1. The quantitative estimate of drug-likeness (QED) is 0.805. The van der Waals surface area contributed by atoms with Gasteiger partial charge in [0.1, 0.15) is 4.88 Å². The number of hydrogen-bond donors (Lipinski definition) is 1. The Bertz CT molecular complexity index is 825. The average molecular weight is 322 g/mol. The first-order valence-corrected chi connectivity index (χ1v) is 7.50. The molecule has 0 unspecified atom stereocenters. The maximum atomic E-state index is 12.3. The molecule has 0 bridgehead atoms. The molecular formula is C13H12ClN5OS. The molecule has 0 aliphatic rings. The first-order valence-electron chi connectivity index (χ1n) is 6.34. The Labute approximate surface area is 129 Å². The molecule has 0 saturated carbocycles. The number of carbonyl (C=O) groups excluding carboxylic acids is 1. The van der Waals surface area contributed by atoms with Crippen LogP contribution < -0.4 is 5.32 Å². The lowest BCUT2D eigenvalue weighted by molar-refractivity contribution is 0.102. The van der Waals surface area contributed by atoms with Crippen LogP contribution in [-0.4, -0.2) is 25.0 Å². The Kier molecular flexibility index (Phi) is 3.60. The van der Waals surface area contributed by atoms with Crippen LogP contribution in [0.1, 0.15) is 22.3 Å². The molecule has 3 aromatic rings. The van der Waals surface area contributed by atoms with E-state index in [0.29, 0.717) is 28.0 Å². The van der Waals surface area contributed by atoms with Crippen molar-refractivity contribution in [1.82, 2.24) is 19.1 Å². The summed E-state index contributed by atoms with van der Waals surface area (Å²) in [7, 11) is 1.84. The number of aryl methyl sites for hydroxylation is 2. The molecule has 21 heavy (non-hydrogen) atoms. The number of carbonyl (C=O) groups is 1. The van der Waals surface area contributed by atoms with Crippen LogP contribution in [0.5, 0.6) is 0 Å². The zero-order valence-electron chi connectivity index (χ0n) is 11.4. The Balaban J connectivity index is 1.95. The fourth-order valence-electron chi connectivity index (χ4n) is 2.06. The highest BCUT2D eigenvalue weighted by atomic mass is 35.5. The van der Waals surface area contributed by atoms with Crippen LogP contribution in [-0.2, 0) is 13.5 Å². The van der Waals surface area contributed by atoms with Crippen molar-refractivity contribution in [3.8, 4) is 0 Å². The van der Waals surface area contributed by atoms with Gasteiger partial charge in [0.05, 0.1) is 16.7 Å². The minimum Gasteiger partial charge on any atom is -0.313 e. The van der Waals surface area contributed by atoms with Gasteiger partial charge < -0.3 is 4.57 Å². The van der Waals surface area contributed by atoms with Gasteiger partial charge in [-0.25, -0.2) is 4.98 Å². The van der Waals surface area contributed by atoms with E-state index in [-0.39, 0.29) is 5.91 Å². The summed E-state index contributed by atoms with van der Waals surface area (Å²) in [6, 6.07) is 5.42. The standard InChI is InChI=1S/C13H12ClN5OS/c1-3-8-11(21-18-17-8)12(20)16-13-15-9-6-7(14)4-5-10(9)19(13)2/h4-6H,3H2,1-2H3,(H,15,16,20). The van der Waals surface area contributed by atoms with Crippen molar-refractivity contribution in [1.29, 1.82) is 0 Å². The Morgan fingerprint density at radius 2 is 2.29 bits per heavy atom. The van der Waals surface area contributed by atoms with Gasteiger partial charge in [-0.3, -0.25) is 10.1 Å². The summed E-state index contributed by atoms with van der Waals surface area (Å²) in [5.74, 6) is 0.221. The van der Waals surface area contributed by atoms with Gasteiger partial charge in [0, 0.05) is 12.1 Å². The molecule has 3 rings (SSSR count). The van der Waals surface area contributed by atoms with Gasteiger partial charge in [-0.05, 0) is 36.2 Å². The smallest absolute Gasteiger partial charge is 0.271 e. The lowest BCUT2D eigenvalue weighted by Gasteiger charge is -2.04. The second kappa shape index (κ2) is 5.42. The Morgan fingerprint density at radius 1 is 1.48 bits per heavy atom. The fraction of sp³-hybridized carbons (Fsp3) is 0.231. The van der Waals surface area contributed by atoms with Crippen molar-refractivity contribution in [3.05, 3.63) is 33.8 Å². The molecule has 8 heteroatoms. The predicted molar refractivity (Wildman–Crippen MR) is 83.0 cm³/mol. The molecule has 0 aliphatic heterocycles. The molecule has 108 valence electrons. The number of hydrogen-bond acceptors (Lipinski definition) is 5. The van der Waals surface area contributed by atoms with E-state index in [1.54, 1.807) is 12.1 Å². The van der Waals surface area contributed by atoms with E-state index in [4.69, 9.17) is 11.6 Å². The average Bonchev–Trinajstić information content (AvgIpc) is 3.04. The first kappa shape index (κ1) is 14.0. The summed E-state index contributed by atoms with van der Waals surface area (Å²) in [5, 5.41) is 7.34. The zero-order chi connectivity index (χ0) is 15.0. The van der Waals surface area contributed by atoms with Crippen LogP contribution in [0.4, 0.5) is 5.95 Å². The molecule has 1 amide bonds. The van der Waals surface area contributed by atoms with Crippen molar-refractivity contribution < 1.29 is 4.79 Å². The molecular weight excluding hydrogens is 310 g/mol. The largest absolute Gasteiger partial charge is 0.313 e. The second-order valence-corrected chi connectivity index (χ2v) is 5.67. The van der Waals surface area contributed by atoms with Crippen molar-refractivity contribution in [2.24, 2.45) is 7.05 Å². The van der Waals surface area contributed by atoms with E-state index in [1.807, 2.05) is 24.6 Å². The summed E-state index contributed by atoms with van der Waals surface area (Å²) >= 11 is 7.04. The Hall–Kier alpha value is -1.99. The number of nitrogens with one attached hydrogen (secondary N) is 1. The van der Waals surface area contributed by atoms with E-state index in [9.17, 15) is 4.79 Å². The van der Waals surface area contributed by atoms with E-state index in [0.717, 1.165) is 22.6 Å². The molecule has 1 N–H and O–H groups in total. The summed E-state index contributed by atoms with van der Waals surface area (Å²) < 4.78 is 5.63. The summed E-state index contributed by atoms with van der Waals surface area (Å²) in [6.07, 6.45) is 0.664. The first-order chi connectivity index (χ1) is 10.1. The van der Waals surface area contributed by atoms with Gasteiger partial charge in [0.25, 0.3) is 5.91 Å². The molecule has 0 saturated heterocycles. The van der Waals surface area contributed by atoms with Crippen LogP contribution in [0, 0.1) is 0 Å². The van der Waals surface area contributed by atoms with Gasteiger partial charge >= 0.3 is 0 Å². The van der Waals surface area contributed by atoms with E-state index < -0.39 is 0 Å². The van der Waals surface area contributed by atoms with E-state index in [2.05, 4.69) is 19.9 Å². The highest BCUT2D eigenvalue weighted by molar-refractivity contribution is 7.08. The number of aromatic nitrogens is 4. The molecule has 1 aromatic carbocycles. The van der Waals surface area contributed by atoms with Gasteiger partial charge in [-0.15, -0.1) is 5.10 Å². The van der Waals surface area contributed by atoms with Gasteiger partial charge in [0.2, 0.25) is 5.95 Å².